The number of aliphatic imine (C=N–C) groups is 1. The van der Waals surface area contributed by atoms with Gasteiger partial charge in [-0.25, -0.2) is 0 Å². The van der Waals surface area contributed by atoms with Gasteiger partial charge in [-0.2, -0.15) is 15.1 Å². The standard InChI is InChI=1S/C22H20N4O5S/c1-28-17-11-14(10-16-20(23)26-22(25-21(16)27)32-13-24-26)12-18(29-2)19(17)31-9-8-30-15-6-4-3-5-7-15/h3-7,10-13,23H,8-9H2,1-2H3. The summed E-state index contributed by atoms with van der Waals surface area (Å²) in [6.45, 7) is 0.607. The highest BCUT2D eigenvalue weighted by molar-refractivity contribution is 8.25. The van der Waals surface area contributed by atoms with Crippen molar-refractivity contribution in [2.24, 2.45) is 10.1 Å². The second kappa shape index (κ2) is 9.56. The van der Waals surface area contributed by atoms with Crippen LogP contribution < -0.4 is 18.9 Å². The summed E-state index contributed by atoms with van der Waals surface area (Å²) in [6, 6.07) is 12.8. The van der Waals surface area contributed by atoms with Gasteiger partial charge in [0.1, 0.15) is 19.0 Å². The third-order valence-electron chi connectivity index (χ3n) is 4.53. The second-order valence-corrected chi connectivity index (χ2v) is 7.33. The number of amides is 1. The Balaban J connectivity index is 1.53. The molecule has 2 aromatic rings. The molecule has 0 radical (unpaired) electrons. The van der Waals surface area contributed by atoms with Crippen LogP contribution in [0.15, 0.2) is 58.1 Å². The first kappa shape index (κ1) is 21.4. The van der Waals surface area contributed by atoms with E-state index in [1.165, 1.54) is 36.5 Å². The number of hydrogen-bond donors (Lipinski definition) is 1. The first-order valence-electron chi connectivity index (χ1n) is 9.60. The maximum Gasteiger partial charge on any atom is 0.283 e. The minimum Gasteiger partial charge on any atom is -0.493 e. The SMILES string of the molecule is COc1cc(C=C2C(=N)N3N=CSC3=NC2=O)cc(OC)c1OCCOc1ccccc1. The van der Waals surface area contributed by atoms with Crippen LogP contribution in [0.25, 0.3) is 6.08 Å². The van der Waals surface area contributed by atoms with Crippen molar-refractivity contribution in [2.45, 2.75) is 0 Å². The molecule has 4 rings (SSSR count). The van der Waals surface area contributed by atoms with E-state index in [2.05, 4.69) is 10.1 Å². The quantitative estimate of drug-likeness (QED) is 0.483. The average molecular weight is 452 g/mol. The summed E-state index contributed by atoms with van der Waals surface area (Å²) in [5.41, 5.74) is 2.24. The van der Waals surface area contributed by atoms with Gasteiger partial charge >= 0.3 is 0 Å². The molecule has 2 aromatic carbocycles. The van der Waals surface area contributed by atoms with E-state index >= 15 is 0 Å². The van der Waals surface area contributed by atoms with Gasteiger partial charge in [-0.15, -0.1) is 0 Å². The lowest BCUT2D eigenvalue weighted by molar-refractivity contribution is -0.114. The number of carbonyl (C=O) groups excluding carboxylic acids is 1. The maximum absolute atomic E-state index is 12.4. The summed E-state index contributed by atoms with van der Waals surface area (Å²) in [5, 5.41) is 14.0. The number of para-hydroxylation sites is 1. The lowest BCUT2D eigenvalue weighted by Gasteiger charge is -2.20. The molecule has 0 aromatic heterocycles. The van der Waals surface area contributed by atoms with Crippen molar-refractivity contribution in [3.8, 4) is 23.0 Å². The Morgan fingerprint density at radius 3 is 2.44 bits per heavy atom. The van der Waals surface area contributed by atoms with Gasteiger partial charge in [-0.05, 0) is 47.7 Å². The molecule has 0 fully saturated rings. The van der Waals surface area contributed by atoms with E-state index in [-0.39, 0.29) is 18.0 Å². The van der Waals surface area contributed by atoms with Gasteiger partial charge in [0.2, 0.25) is 5.75 Å². The van der Waals surface area contributed by atoms with E-state index in [9.17, 15) is 4.79 Å². The number of ether oxygens (including phenoxy) is 4. The molecule has 32 heavy (non-hydrogen) atoms. The number of fused-ring (bicyclic) bond motifs is 1. The van der Waals surface area contributed by atoms with Crippen molar-refractivity contribution in [3.05, 3.63) is 53.6 Å². The predicted molar refractivity (Wildman–Crippen MR) is 123 cm³/mol. The van der Waals surface area contributed by atoms with Crippen LogP contribution in [0.2, 0.25) is 0 Å². The van der Waals surface area contributed by atoms with Crippen LogP contribution in [0, 0.1) is 5.41 Å². The lowest BCUT2D eigenvalue weighted by atomic mass is 10.1. The summed E-state index contributed by atoms with van der Waals surface area (Å²) >= 11 is 1.19. The molecule has 1 amide bonds. The number of hydrogen-bond acceptors (Lipinski definition) is 8. The summed E-state index contributed by atoms with van der Waals surface area (Å²) in [5.74, 6) is 1.46. The molecule has 1 N–H and O–H groups in total. The molecule has 0 saturated heterocycles. The van der Waals surface area contributed by atoms with E-state index in [1.807, 2.05) is 30.3 Å². The zero-order valence-corrected chi connectivity index (χ0v) is 18.2. The number of hydrazone groups is 1. The predicted octanol–water partition coefficient (Wildman–Crippen LogP) is 3.41. The Bertz CT molecular complexity index is 1110. The molecule has 0 atom stereocenters. The van der Waals surface area contributed by atoms with Gasteiger partial charge in [-0.1, -0.05) is 18.2 Å². The average Bonchev–Trinajstić information content (AvgIpc) is 3.28. The van der Waals surface area contributed by atoms with E-state index in [1.54, 1.807) is 18.2 Å². The third-order valence-corrected chi connectivity index (χ3v) is 5.21. The van der Waals surface area contributed by atoms with E-state index in [0.717, 1.165) is 5.75 Å². The van der Waals surface area contributed by atoms with Crippen LogP contribution >= 0.6 is 11.8 Å². The summed E-state index contributed by atoms with van der Waals surface area (Å²) in [6.07, 6.45) is 1.55. The zero-order valence-electron chi connectivity index (χ0n) is 17.4. The normalized spacial score (nSPS) is 16.1. The highest BCUT2D eigenvalue weighted by Crippen LogP contribution is 2.39. The molecule has 0 spiro atoms. The topological polar surface area (TPSA) is 106 Å². The summed E-state index contributed by atoms with van der Waals surface area (Å²) in [7, 11) is 3.03. The Kier molecular flexibility index (Phi) is 6.41. The lowest BCUT2D eigenvalue weighted by Crippen LogP contribution is -2.35. The number of amidine groups is 2. The van der Waals surface area contributed by atoms with Crippen LogP contribution in [0.5, 0.6) is 23.0 Å². The van der Waals surface area contributed by atoms with Gasteiger partial charge in [0.05, 0.1) is 25.3 Å². The molecule has 2 heterocycles. The molecular weight excluding hydrogens is 432 g/mol. The Labute approximate surface area is 188 Å². The Morgan fingerprint density at radius 1 is 1.06 bits per heavy atom. The van der Waals surface area contributed by atoms with Crippen LogP contribution in [0.3, 0.4) is 0 Å². The van der Waals surface area contributed by atoms with Crippen molar-refractivity contribution in [3.63, 3.8) is 0 Å². The van der Waals surface area contributed by atoms with Crippen molar-refractivity contribution in [1.82, 2.24) is 5.01 Å². The number of rotatable bonds is 8. The number of methoxy groups -OCH3 is 2. The number of thioether (sulfide) groups is 1. The van der Waals surface area contributed by atoms with Gasteiger partial charge in [0, 0.05) is 0 Å². The van der Waals surface area contributed by atoms with Crippen molar-refractivity contribution in [2.75, 3.05) is 27.4 Å². The first-order valence-corrected chi connectivity index (χ1v) is 10.5. The zero-order chi connectivity index (χ0) is 22.5. The minimum absolute atomic E-state index is 0.0439. The third kappa shape index (κ3) is 4.45. The van der Waals surface area contributed by atoms with E-state index in [4.69, 9.17) is 24.4 Å². The van der Waals surface area contributed by atoms with Gasteiger partial charge < -0.3 is 18.9 Å². The molecule has 0 saturated carbocycles. The molecule has 2 aliphatic heterocycles. The molecule has 2 aliphatic rings. The molecule has 10 heteroatoms. The van der Waals surface area contributed by atoms with E-state index in [0.29, 0.717) is 34.6 Å². The summed E-state index contributed by atoms with van der Waals surface area (Å²) in [4.78, 5) is 16.4. The van der Waals surface area contributed by atoms with Gasteiger partial charge in [0.25, 0.3) is 5.91 Å². The second-order valence-electron chi connectivity index (χ2n) is 6.52. The van der Waals surface area contributed by atoms with Crippen LogP contribution in [-0.4, -0.2) is 54.9 Å². The molecule has 0 unspecified atom stereocenters. The van der Waals surface area contributed by atoms with Crippen molar-refractivity contribution in [1.29, 1.82) is 5.41 Å². The maximum atomic E-state index is 12.4. The highest BCUT2D eigenvalue weighted by atomic mass is 32.2. The number of benzene rings is 2. The highest BCUT2D eigenvalue weighted by Gasteiger charge is 2.32. The molecule has 164 valence electrons. The first-order chi connectivity index (χ1) is 15.6. The monoisotopic (exact) mass is 452 g/mol. The van der Waals surface area contributed by atoms with Crippen LogP contribution in [-0.2, 0) is 4.79 Å². The summed E-state index contributed by atoms with van der Waals surface area (Å²) < 4.78 is 22.5. The molecule has 9 nitrogen and oxygen atoms in total. The number of carbonyl (C=O) groups is 1. The van der Waals surface area contributed by atoms with Crippen molar-refractivity contribution >= 4 is 40.3 Å². The van der Waals surface area contributed by atoms with Crippen LogP contribution in [0.1, 0.15) is 5.56 Å². The number of nitrogens with zero attached hydrogens (tertiary/aromatic N) is 3. The fourth-order valence-electron chi connectivity index (χ4n) is 3.05. The molecule has 0 bridgehead atoms. The smallest absolute Gasteiger partial charge is 0.283 e. The van der Waals surface area contributed by atoms with E-state index < -0.39 is 5.91 Å². The molecular formula is C22H20N4O5S. The minimum atomic E-state index is -0.504. The largest absolute Gasteiger partial charge is 0.493 e. The number of nitrogens with one attached hydrogen (secondary N) is 1. The Morgan fingerprint density at radius 2 is 1.75 bits per heavy atom. The van der Waals surface area contributed by atoms with Gasteiger partial charge in [-0.3, -0.25) is 10.2 Å². The van der Waals surface area contributed by atoms with Gasteiger partial charge in [0.15, 0.2) is 22.5 Å². The van der Waals surface area contributed by atoms with Crippen LogP contribution in [0.4, 0.5) is 0 Å². The fourth-order valence-corrected chi connectivity index (χ4v) is 3.66. The Hall–Kier alpha value is -3.79. The fraction of sp³-hybridized carbons (Fsp3) is 0.182. The van der Waals surface area contributed by atoms with Crippen molar-refractivity contribution < 1.29 is 23.7 Å². The molecule has 0 aliphatic carbocycles.